The molecule has 0 aliphatic carbocycles. The van der Waals surface area contributed by atoms with Gasteiger partial charge in [0.25, 0.3) is 0 Å². The van der Waals surface area contributed by atoms with Gasteiger partial charge in [-0.05, 0) is 48.2 Å². The van der Waals surface area contributed by atoms with Gasteiger partial charge in [0.1, 0.15) is 12.6 Å². The lowest BCUT2D eigenvalue weighted by Crippen LogP contribution is -2.52. The minimum atomic E-state index is -4.16. The number of nitrogens with one attached hydrogen (secondary N) is 1. The Bertz CT molecular complexity index is 1420. The summed E-state index contributed by atoms with van der Waals surface area (Å²) in [5, 5.41) is 1.60. The molecule has 206 valence electrons. The third kappa shape index (κ3) is 7.42. The highest BCUT2D eigenvalue weighted by atomic mass is 32.2. The molecule has 10 heteroatoms. The summed E-state index contributed by atoms with van der Waals surface area (Å²) < 4.78 is 39.6. The molecule has 39 heavy (non-hydrogen) atoms. The first-order chi connectivity index (χ1) is 18.8. The van der Waals surface area contributed by atoms with Crippen LogP contribution >= 0.6 is 0 Å². The van der Waals surface area contributed by atoms with Crippen LogP contribution in [0.3, 0.4) is 0 Å². The Labute approximate surface area is 228 Å². The SMILES string of the molecule is CCOC(=O)C1CCN(C(=O)[C@H](CC(=O)OCc2ccccc2)NS(=O)(=O)c2ccc3ccccc3c2)CC1. The summed E-state index contributed by atoms with van der Waals surface area (Å²) in [6.07, 6.45) is 0.316. The lowest BCUT2D eigenvalue weighted by Gasteiger charge is -2.33. The zero-order valence-corrected chi connectivity index (χ0v) is 22.6. The number of hydrogen-bond acceptors (Lipinski definition) is 7. The summed E-state index contributed by atoms with van der Waals surface area (Å²) in [5.41, 5.74) is 0.770. The Kier molecular flexibility index (Phi) is 9.32. The molecular formula is C29H32N2O7S. The van der Waals surface area contributed by atoms with Gasteiger partial charge < -0.3 is 14.4 Å². The Morgan fingerprint density at radius 3 is 2.28 bits per heavy atom. The van der Waals surface area contributed by atoms with Gasteiger partial charge in [0.05, 0.1) is 23.8 Å². The standard InChI is InChI=1S/C29H32N2O7S/c1-2-37-29(34)23-14-16-31(17-15-23)28(33)26(19-27(32)38-20-21-8-4-3-5-9-21)30-39(35,36)25-13-12-22-10-6-7-11-24(22)18-25/h3-13,18,23,26,30H,2,14-17,19-20H2,1H3/t26-/m0/s1. The van der Waals surface area contributed by atoms with E-state index in [2.05, 4.69) is 4.72 Å². The number of esters is 2. The van der Waals surface area contributed by atoms with Gasteiger partial charge in [0.2, 0.25) is 15.9 Å². The van der Waals surface area contributed by atoms with E-state index in [0.717, 1.165) is 16.3 Å². The molecule has 1 saturated heterocycles. The molecule has 1 atom stereocenters. The lowest BCUT2D eigenvalue weighted by molar-refractivity contribution is -0.152. The molecule has 0 radical (unpaired) electrons. The third-order valence-electron chi connectivity index (χ3n) is 6.67. The van der Waals surface area contributed by atoms with Crippen molar-refractivity contribution < 1.29 is 32.3 Å². The Morgan fingerprint density at radius 2 is 1.59 bits per heavy atom. The fourth-order valence-electron chi connectivity index (χ4n) is 4.55. The number of sulfonamides is 1. The quantitative estimate of drug-likeness (QED) is 0.383. The summed E-state index contributed by atoms with van der Waals surface area (Å²) >= 11 is 0. The van der Waals surface area contributed by atoms with Crippen LogP contribution in [0.25, 0.3) is 10.8 Å². The van der Waals surface area contributed by atoms with Gasteiger partial charge in [-0.25, -0.2) is 8.42 Å². The predicted molar refractivity (Wildman–Crippen MR) is 145 cm³/mol. The zero-order valence-electron chi connectivity index (χ0n) is 21.7. The smallest absolute Gasteiger partial charge is 0.309 e. The van der Waals surface area contributed by atoms with Crippen LogP contribution in [-0.4, -0.2) is 56.9 Å². The molecule has 1 aliphatic rings. The van der Waals surface area contributed by atoms with Crippen LogP contribution in [0.4, 0.5) is 0 Å². The van der Waals surface area contributed by atoms with E-state index in [4.69, 9.17) is 9.47 Å². The van der Waals surface area contributed by atoms with Crippen LogP contribution in [0.5, 0.6) is 0 Å². The first kappa shape index (κ1) is 28.3. The minimum Gasteiger partial charge on any atom is -0.466 e. The summed E-state index contributed by atoms with van der Waals surface area (Å²) in [7, 11) is -4.16. The second-order valence-corrected chi connectivity index (χ2v) is 11.1. The van der Waals surface area contributed by atoms with Crippen molar-refractivity contribution in [1.82, 2.24) is 9.62 Å². The summed E-state index contributed by atoms with van der Waals surface area (Å²) in [6, 6.07) is 19.7. The molecule has 1 heterocycles. The van der Waals surface area contributed by atoms with Gasteiger partial charge in [0, 0.05) is 13.1 Å². The largest absolute Gasteiger partial charge is 0.466 e. The highest BCUT2D eigenvalue weighted by molar-refractivity contribution is 7.89. The molecule has 1 fully saturated rings. The first-order valence-electron chi connectivity index (χ1n) is 12.9. The van der Waals surface area contributed by atoms with Crippen molar-refractivity contribution in [2.75, 3.05) is 19.7 Å². The van der Waals surface area contributed by atoms with Gasteiger partial charge in [-0.3, -0.25) is 14.4 Å². The number of carbonyl (C=O) groups excluding carboxylic acids is 3. The van der Waals surface area contributed by atoms with Crippen LogP contribution in [0, 0.1) is 5.92 Å². The van der Waals surface area contributed by atoms with E-state index < -0.39 is 34.4 Å². The summed E-state index contributed by atoms with van der Waals surface area (Å²) in [5.74, 6) is -1.88. The number of likely N-dealkylation sites (tertiary alicyclic amines) is 1. The van der Waals surface area contributed by atoms with Crippen molar-refractivity contribution in [2.45, 2.75) is 43.7 Å². The fourth-order valence-corrected chi connectivity index (χ4v) is 5.77. The highest BCUT2D eigenvalue weighted by Gasteiger charge is 2.35. The first-order valence-corrected chi connectivity index (χ1v) is 14.4. The highest BCUT2D eigenvalue weighted by Crippen LogP contribution is 2.22. The molecule has 9 nitrogen and oxygen atoms in total. The van der Waals surface area contributed by atoms with Crippen LogP contribution in [0.2, 0.25) is 0 Å². The van der Waals surface area contributed by atoms with Crippen molar-refractivity contribution in [3.63, 3.8) is 0 Å². The average Bonchev–Trinajstić information content (AvgIpc) is 2.95. The maximum absolute atomic E-state index is 13.5. The molecule has 1 aliphatic heterocycles. The molecular weight excluding hydrogens is 520 g/mol. The number of fused-ring (bicyclic) bond motifs is 1. The number of rotatable bonds is 10. The predicted octanol–water partition coefficient (Wildman–Crippen LogP) is 3.42. The van der Waals surface area contributed by atoms with Gasteiger partial charge in [-0.2, -0.15) is 4.72 Å². The number of benzene rings is 3. The lowest BCUT2D eigenvalue weighted by atomic mass is 9.96. The molecule has 1 amide bonds. The van der Waals surface area contributed by atoms with E-state index in [0.29, 0.717) is 12.8 Å². The van der Waals surface area contributed by atoms with Crippen molar-refractivity contribution in [3.05, 3.63) is 78.4 Å². The summed E-state index contributed by atoms with van der Waals surface area (Å²) in [6.45, 7) is 2.51. The number of hydrogen-bond donors (Lipinski definition) is 1. The van der Waals surface area contributed by atoms with E-state index in [9.17, 15) is 22.8 Å². The molecule has 0 spiro atoms. The van der Waals surface area contributed by atoms with Crippen molar-refractivity contribution >= 4 is 38.6 Å². The Morgan fingerprint density at radius 1 is 0.923 bits per heavy atom. The van der Waals surface area contributed by atoms with Gasteiger partial charge >= 0.3 is 11.9 Å². The Balaban J connectivity index is 1.50. The molecule has 0 saturated carbocycles. The molecule has 4 rings (SSSR count). The summed E-state index contributed by atoms with van der Waals surface area (Å²) in [4.78, 5) is 39.8. The van der Waals surface area contributed by atoms with Gasteiger partial charge in [-0.1, -0.05) is 60.7 Å². The normalized spacial score (nSPS) is 15.1. The van der Waals surface area contributed by atoms with Crippen LogP contribution < -0.4 is 4.72 Å². The number of ether oxygens (including phenoxy) is 2. The fraction of sp³-hybridized carbons (Fsp3) is 0.345. The second kappa shape index (κ2) is 12.9. The number of amides is 1. The van der Waals surface area contributed by atoms with E-state index in [1.165, 1.54) is 17.0 Å². The number of nitrogens with zero attached hydrogens (tertiary/aromatic N) is 1. The van der Waals surface area contributed by atoms with Crippen molar-refractivity contribution in [2.24, 2.45) is 5.92 Å². The van der Waals surface area contributed by atoms with E-state index in [1.54, 1.807) is 37.3 Å². The van der Waals surface area contributed by atoms with E-state index in [1.807, 2.05) is 30.3 Å². The second-order valence-electron chi connectivity index (χ2n) is 9.38. The molecule has 1 N–H and O–H groups in total. The van der Waals surface area contributed by atoms with E-state index >= 15 is 0 Å². The minimum absolute atomic E-state index is 0.00292. The van der Waals surface area contributed by atoms with Crippen LogP contribution in [0.15, 0.2) is 77.7 Å². The average molecular weight is 553 g/mol. The maximum atomic E-state index is 13.5. The van der Waals surface area contributed by atoms with Crippen molar-refractivity contribution in [1.29, 1.82) is 0 Å². The molecule has 3 aromatic carbocycles. The topological polar surface area (TPSA) is 119 Å². The zero-order chi connectivity index (χ0) is 27.8. The monoisotopic (exact) mass is 552 g/mol. The van der Waals surface area contributed by atoms with Gasteiger partial charge in [0.15, 0.2) is 0 Å². The Hall–Kier alpha value is -3.76. The van der Waals surface area contributed by atoms with E-state index in [-0.39, 0.29) is 43.1 Å². The molecule has 0 bridgehead atoms. The number of carbonyl (C=O) groups is 3. The molecule has 0 aromatic heterocycles. The van der Waals surface area contributed by atoms with Crippen molar-refractivity contribution in [3.8, 4) is 0 Å². The van der Waals surface area contributed by atoms with Crippen LogP contribution in [0.1, 0.15) is 31.7 Å². The number of piperidine rings is 1. The molecule has 0 unspecified atom stereocenters. The maximum Gasteiger partial charge on any atom is 0.309 e. The van der Waals surface area contributed by atoms with Crippen LogP contribution in [-0.2, 0) is 40.5 Å². The third-order valence-corrected chi connectivity index (χ3v) is 8.14. The van der Waals surface area contributed by atoms with Gasteiger partial charge in [-0.15, -0.1) is 0 Å². The molecule has 3 aromatic rings.